The van der Waals surface area contributed by atoms with Gasteiger partial charge in [-0.3, -0.25) is 14.2 Å². The average Bonchev–Trinajstić information content (AvgIpc) is 2.78. The largest absolute Gasteiger partial charge is 0.298 e. The summed E-state index contributed by atoms with van der Waals surface area (Å²) >= 11 is 0. The lowest BCUT2D eigenvalue weighted by Crippen LogP contribution is -1.92. The Labute approximate surface area is 97.6 Å². The first kappa shape index (κ1) is 9.72. The van der Waals surface area contributed by atoms with Crippen molar-refractivity contribution in [2.75, 3.05) is 0 Å². The van der Waals surface area contributed by atoms with Gasteiger partial charge in [-0.05, 0) is 24.3 Å². The van der Waals surface area contributed by atoms with Crippen molar-refractivity contribution in [1.82, 2.24) is 14.4 Å². The Hall–Kier alpha value is -2.49. The van der Waals surface area contributed by atoms with E-state index in [1.165, 1.54) is 0 Å². The molecular weight excluding hydrogens is 214 g/mol. The van der Waals surface area contributed by atoms with Crippen LogP contribution in [0, 0.1) is 0 Å². The van der Waals surface area contributed by atoms with Gasteiger partial charge >= 0.3 is 0 Å². The van der Waals surface area contributed by atoms with E-state index < -0.39 is 0 Å². The molecular formula is C13H9N3O. The molecule has 0 atom stereocenters. The lowest BCUT2D eigenvalue weighted by molar-refractivity contribution is 0.112. The number of hydrogen-bond acceptors (Lipinski definition) is 3. The van der Waals surface area contributed by atoms with E-state index in [0.717, 1.165) is 23.3 Å². The number of aldehydes is 1. The normalized spacial score (nSPS) is 10.6. The molecule has 82 valence electrons. The molecule has 3 aromatic heterocycles. The predicted molar refractivity (Wildman–Crippen MR) is 63.8 cm³/mol. The molecule has 4 heteroatoms. The SMILES string of the molecule is O=Cc1nc2ccccn2c1-c1ccccn1. The zero-order valence-corrected chi connectivity index (χ0v) is 8.95. The van der Waals surface area contributed by atoms with Crippen LogP contribution in [-0.4, -0.2) is 20.7 Å². The maximum absolute atomic E-state index is 11.1. The van der Waals surface area contributed by atoms with Crippen molar-refractivity contribution in [1.29, 1.82) is 0 Å². The van der Waals surface area contributed by atoms with Gasteiger partial charge in [0.25, 0.3) is 0 Å². The van der Waals surface area contributed by atoms with Crippen molar-refractivity contribution >= 4 is 11.9 Å². The van der Waals surface area contributed by atoms with Crippen molar-refractivity contribution in [3.05, 3.63) is 54.5 Å². The van der Waals surface area contributed by atoms with Gasteiger partial charge in [0.1, 0.15) is 17.0 Å². The maximum Gasteiger partial charge on any atom is 0.170 e. The molecule has 0 aliphatic heterocycles. The summed E-state index contributed by atoms with van der Waals surface area (Å²) in [6.45, 7) is 0. The van der Waals surface area contributed by atoms with Gasteiger partial charge in [0.15, 0.2) is 6.29 Å². The minimum Gasteiger partial charge on any atom is -0.298 e. The number of pyridine rings is 2. The van der Waals surface area contributed by atoms with Crippen LogP contribution in [0.25, 0.3) is 17.0 Å². The van der Waals surface area contributed by atoms with E-state index in [4.69, 9.17) is 0 Å². The van der Waals surface area contributed by atoms with Crippen LogP contribution in [0.1, 0.15) is 10.5 Å². The van der Waals surface area contributed by atoms with E-state index in [-0.39, 0.29) is 0 Å². The van der Waals surface area contributed by atoms with Gasteiger partial charge in [-0.25, -0.2) is 4.98 Å². The van der Waals surface area contributed by atoms with Gasteiger partial charge in [-0.2, -0.15) is 0 Å². The second kappa shape index (κ2) is 3.83. The van der Waals surface area contributed by atoms with Crippen LogP contribution in [0.3, 0.4) is 0 Å². The topological polar surface area (TPSA) is 47.3 Å². The number of fused-ring (bicyclic) bond motifs is 1. The van der Waals surface area contributed by atoms with Crippen molar-refractivity contribution in [3.8, 4) is 11.4 Å². The molecule has 0 bridgehead atoms. The summed E-state index contributed by atoms with van der Waals surface area (Å²) in [7, 11) is 0. The second-order valence-corrected chi connectivity index (χ2v) is 3.61. The molecule has 0 saturated carbocycles. The summed E-state index contributed by atoms with van der Waals surface area (Å²) < 4.78 is 1.87. The molecule has 17 heavy (non-hydrogen) atoms. The quantitative estimate of drug-likeness (QED) is 0.626. The van der Waals surface area contributed by atoms with Gasteiger partial charge in [-0.1, -0.05) is 12.1 Å². The second-order valence-electron chi connectivity index (χ2n) is 3.61. The highest BCUT2D eigenvalue weighted by Crippen LogP contribution is 2.21. The van der Waals surface area contributed by atoms with Gasteiger partial charge in [0.2, 0.25) is 0 Å². The number of nitrogens with zero attached hydrogens (tertiary/aromatic N) is 3. The molecule has 4 nitrogen and oxygen atoms in total. The standard InChI is InChI=1S/C13H9N3O/c17-9-11-13(10-5-1-3-7-14-10)16-8-4-2-6-12(16)15-11/h1-9H. The first-order valence-corrected chi connectivity index (χ1v) is 5.24. The van der Waals surface area contributed by atoms with E-state index >= 15 is 0 Å². The van der Waals surface area contributed by atoms with Gasteiger partial charge < -0.3 is 0 Å². The number of carbonyl (C=O) groups is 1. The molecule has 3 rings (SSSR count). The number of aromatic nitrogens is 3. The van der Waals surface area contributed by atoms with Gasteiger partial charge in [-0.15, -0.1) is 0 Å². The smallest absolute Gasteiger partial charge is 0.170 e. The van der Waals surface area contributed by atoms with Crippen molar-refractivity contribution < 1.29 is 4.79 Å². The fourth-order valence-corrected chi connectivity index (χ4v) is 1.85. The van der Waals surface area contributed by atoms with E-state index in [2.05, 4.69) is 9.97 Å². The molecule has 3 heterocycles. The van der Waals surface area contributed by atoms with Gasteiger partial charge in [0.05, 0.1) is 5.69 Å². The van der Waals surface area contributed by atoms with E-state index in [0.29, 0.717) is 5.69 Å². The Morgan fingerprint density at radius 1 is 1.12 bits per heavy atom. The number of hydrogen-bond donors (Lipinski definition) is 0. The molecule has 0 amide bonds. The lowest BCUT2D eigenvalue weighted by atomic mass is 10.2. The van der Waals surface area contributed by atoms with Gasteiger partial charge in [0, 0.05) is 12.4 Å². The van der Waals surface area contributed by atoms with Crippen LogP contribution in [0.2, 0.25) is 0 Å². The highest BCUT2D eigenvalue weighted by atomic mass is 16.1. The Morgan fingerprint density at radius 2 is 2.00 bits per heavy atom. The summed E-state index contributed by atoms with van der Waals surface area (Å²) in [5, 5.41) is 0. The summed E-state index contributed by atoms with van der Waals surface area (Å²) in [6, 6.07) is 11.2. The highest BCUT2D eigenvalue weighted by molar-refractivity contribution is 5.84. The number of rotatable bonds is 2. The van der Waals surface area contributed by atoms with Crippen LogP contribution in [0.4, 0.5) is 0 Å². The minimum absolute atomic E-state index is 0.412. The van der Waals surface area contributed by atoms with E-state index in [1.807, 2.05) is 47.0 Å². The molecule has 0 spiro atoms. The molecule has 3 aromatic rings. The Balaban J connectivity index is 2.38. The zero-order chi connectivity index (χ0) is 11.7. The molecule has 0 radical (unpaired) electrons. The Bertz CT molecular complexity index is 673. The van der Waals surface area contributed by atoms with E-state index in [9.17, 15) is 4.79 Å². The van der Waals surface area contributed by atoms with E-state index in [1.54, 1.807) is 6.20 Å². The molecule has 0 N–H and O–H groups in total. The van der Waals surface area contributed by atoms with Crippen molar-refractivity contribution in [2.24, 2.45) is 0 Å². The summed E-state index contributed by atoms with van der Waals surface area (Å²) in [5.41, 5.74) is 2.63. The maximum atomic E-state index is 11.1. The molecule has 0 aliphatic carbocycles. The third-order valence-corrected chi connectivity index (χ3v) is 2.58. The summed E-state index contributed by atoms with van der Waals surface area (Å²) in [6.07, 6.45) is 4.34. The van der Waals surface area contributed by atoms with Crippen molar-refractivity contribution in [2.45, 2.75) is 0 Å². The van der Waals surface area contributed by atoms with Crippen LogP contribution in [0.15, 0.2) is 48.8 Å². The third kappa shape index (κ3) is 1.50. The first-order valence-electron chi connectivity index (χ1n) is 5.24. The lowest BCUT2D eigenvalue weighted by Gasteiger charge is -2.00. The minimum atomic E-state index is 0.412. The van der Waals surface area contributed by atoms with Crippen LogP contribution in [-0.2, 0) is 0 Å². The monoisotopic (exact) mass is 223 g/mol. The molecule has 0 unspecified atom stereocenters. The molecule has 0 aromatic carbocycles. The number of carbonyl (C=O) groups excluding carboxylic acids is 1. The summed E-state index contributed by atoms with van der Waals surface area (Å²) in [5.74, 6) is 0. The Kier molecular flexibility index (Phi) is 2.19. The third-order valence-electron chi connectivity index (χ3n) is 2.58. The van der Waals surface area contributed by atoms with Crippen molar-refractivity contribution in [3.63, 3.8) is 0 Å². The fourth-order valence-electron chi connectivity index (χ4n) is 1.85. The molecule has 0 aliphatic rings. The average molecular weight is 223 g/mol. The fraction of sp³-hybridized carbons (Fsp3) is 0. The number of imidazole rings is 1. The first-order chi connectivity index (χ1) is 8.40. The summed E-state index contributed by atoms with van der Waals surface area (Å²) in [4.78, 5) is 19.6. The molecule has 0 saturated heterocycles. The van der Waals surface area contributed by atoms with Crippen LogP contribution < -0.4 is 0 Å². The van der Waals surface area contributed by atoms with Crippen LogP contribution in [0.5, 0.6) is 0 Å². The van der Waals surface area contributed by atoms with Crippen LogP contribution >= 0.6 is 0 Å². The molecule has 0 fully saturated rings. The predicted octanol–water partition coefficient (Wildman–Crippen LogP) is 2.21. The highest BCUT2D eigenvalue weighted by Gasteiger charge is 2.13. The Morgan fingerprint density at radius 3 is 2.76 bits per heavy atom. The zero-order valence-electron chi connectivity index (χ0n) is 8.95.